The van der Waals surface area contributed by atoms with Crippen molar-refractivity contribution in [2.24, 2.45) is 7.05 Å². The van der Waals surface area contributed by atoms with Gasteiger partial charge in [0.25, 0.3) is 0 Å². The van der Waals surface area contributed by atoms with Crippen molar-refractivity contribution in [1.82, 2.24) is 24.4 Å². The highest BCUT2D eigenvalue weighted by molar-refractivity contribution is 5.87. The molecule has 2 fully saturated rings. The fourth-order valence-corrected chi connectivity index (χ4v) is 5.34. The van der Waals surface area contributed by atoms with Gasteiger partial charge in [-0.25, -0.2) is 9.50 Å². The molecule has 0 amide bonds. The van der Waals surface area contributed by atoms with E-state index in [2.05, 4.69) is 39.4 Å². The highest BCUT2D eigenvalue weighted by atomic mass is 15.3. The van der Waals surface area contributed by atoms with Crippen LogP contribution in [0.1, 0.15) is 37.7 Å². The van der Waals surface area contributed by atoms with Gasteiger partial charge in [0, 0.05) is 60.0 Å². The van der Waals surface area contributed by atoms with Gasteiger partial charge in [0.15, 0.2) is 0 Å². The summed E-state index contributed by atoms with van der Waals surface area (Å²) in [6.45, 7) is 0. The van der Waals surface area contributed by atoms with Gasteiger partial charge in [0.1, 0.15) is 11.9 Å². The standard InChI is InChI=1S/C24H23N7/c1-29-14-19(13-27-29)17-9-22(24-18(10-25)12-28-30(24)15-17)16-5-8-23(26-11-16)31-20-3-2-4-21(31)7-6-20/h5,8-9,11-15,20-21H,2-4,6-7H2,1H3. The first-order chi connectivity index (χ1) is 15.2. The maximum Gasteiger partial charge on any atom is 0.129 e. The average molecular weight is 409 g/mol. The number of nitrogens with zero attached hydrogens (tertiary/aromatic N) is 7. The highest BCUT2D eigenvalue weighted by Crippen LogP contribution is 2.39. The van der Waals surface area contributed by atoms with Crippen LogP contribution in [0.2, 0.25) is 0 Å². The number of hydrogen-bond donors (Lipinski definition) is 0. The summed E-state index contributed by atoms with van der Waals surface area (Å²) in [6.07, 6.45) is 15.8. The maximum atomic E-state index is 9.63. The molecule has 0 spiro atoms. The first kappa shape index (κ1) is 18.1. The molecule has 2 atom stereocenters. The van der Waals surface area contributed by atoms with Gasteiger partial charge in [-0.05, 0) is 50.3 Å². The number of fused-ring (bicyclic) bond motifs is 3. The minimum atomic E-state index is 0.561. The number of hydrogen-bond acceptors (Lipinski definition) is 5. The molecule has 7 nitrogen and oxygen atoms in total. The van der Waals surface area contributed by atoms with E-state index in [9.17, 15) is 5.26 Å². The van der Waals surface area contributed by atoms with Crippen molar-refractivity contribution >= 4 is 11.3 Å². The summed E-state index contributed by atoms with van der Waals surface area (Å²) in [6, 6.07) is 9.93. The van der Waals surface area contributed by atoms with E-state index in [0.717, 1.165) is 33.6 Å². The lowest BCUT2D eigenvalue weighted by molar-refractivity contribution is 0.464. The van der Waals surface area contributed by atoms with Crippen LogP contribution >= 0.6 is 0 Å². The second kappa shape index (κ2) is 6.95. The molecule has 7 heteroatoms. The van der Waals surface area contributed by atoms with E-state index in [1.807, 2.05) is 31.8 Å². The summed E-state index contributed by atoms with van der Waals surface area (Å²) < 4.78 is 3.57. The Morgan fingerprint density at radius 3 is 2.45 bits per heavy atom. The molecule has 2 aliphatic heterocycles. The van der Waals surface area contributed by atoms with E-state index in [4.69, 9.17) is 4.98 Å². The molecule has 2 saturated heterocycles. The minimum absolute atomic E-state index is 0.561. The molecule has 0 aromatic carbocycles. The fourth-order valence-electron chi connectivity index (χ4n) is 5.34. The van der Waals surface area contributed by atoms with Crippen LogP contribution in [-0.4, -0.2) is 36.5 Å². The summed E-state index contributed by atoms with van der Waals surface area (Å²) in [5.74, 6) is 1.07. The Hall–Kier alpha value is -3.66. The van der Waals surface area contributed by atoms with Crippen molar-refractivity contribution in [2.45, 2.75) is 44.2 Å². The Labute approximate surface area is 180 Å². The van der Waals surface area contributed by atoms with Crippen molar-refractivity contribution in [3.05, 3.63) is 54.7 Å². The van der Waals surface area contributed by atoms with E-state index in [1.165, 1.54) is 32.1 Å². The molecule has 2 unspecified atom stereocenters. The minimum Gasteiger partial charge on any atom is -0.351 e. The summed E-state index contributed by atoms with van der Waals surface area (Å²) in [5.41, 5.74) is 5.32. The zero-order valence-electron chi connectivity index (χ0n) is 17.4. The second-order valence-corrected chi connectivity index (χ2v) is 8.64. The Morgan fingerprint density at radius 1 is 0.935 bits per heavy atom. The van der Waals surface area contributed by atoms with Gasteiger partial charge in [-0.15, -0.1) is 0 Å². The Bertz CT molecular complexity index is 1290. The lowest BCUT2D eigenvalue weighted by Gasteiger charge is -2.35. The SMILES string of the molecule is Cn1cc(-c2cc(-c3ccc(N4C5CCCC4CC5)nc3)c3c(C#N)cnn3c2)cn1. The molecule has 0 aliphatic carbocycles. The number of aromatic nitrogens is 5. The predicted octanol–water partition coefficient (Wildman–Crippen LogP) is 4.19. The monoisotopic (exact) mass is 409 g/mol. The van der Waals surface area contributed by atoms with Crippen molar-refractivity contribution in [1.29, 1.82) is 5.26 Å². The summed E-state index contributed by atoms with van der Waals surface area (Å²) in [5, 5.41) is 18.3. The van der Waals surface area contributed by atoms with Crippen molar-refractivity contribution < 1.29 is 0 Å². The van der Waals surface area contributed by atoms with Crippen LogP contribution in [0, 0.1) is 11.3 Å². The lowest BCUT2D eigenvalue weighted by Crippen LogP contribution is -2.40. The van der Waals surface area contributed by atoms with E-state index in [-0.39, 0.29) is 0 Å². The lowest BCUT2D eigenvalue weighted by atomic mass is 10.0. The summed E-state index contributed by atoms with van der Waals surface area (Å²) >= 11 is 0. The Morgan fingerprint density at radius 2 is 1.77 bits per heavy atom. The molecular weight excluding hydrogens is 386 g/mol. The predicted molar refractivity (Wildman–Crippen MR) is 118 cm³/mol. The fraction of sp³-hybridized carbons (Fsp3) is 0.333. The number of nitriles is 1. The Kier molecular flexibility index (Phi) is 4.06. The number of anilines is 1. The highest BCUT2D eigenvalue weighted by Gasteiger charge is 2.37. The van der Waals surface area contributed by atoms with Gasteiger partial charge in [-0.2, -0.15) is 15.5 Å². The third-order valence-corrected chi connectivity index (χ3v) is 6.79. The van der Waals surface area contributed by atoms with Crippen LogP contribution in [0.3, 0.4) is 0 Å². The molecule has 0 N–H and O–H groups in total. The van der Waals surface area contributed by atoms with E-state index in [1.54, 1.807) is 15.4 Å². The van der Waals surface area contributed by atoms with Crippen molar-refractivity contribution in [3.63, 3.8) is 0 Å². The molecular formula is C24H23N7. The molecule has 4 aromatic rings. The van der Waals surface area contributed by atoms with Crippen LogP contribution in [0.5, 0.6) is 0 Å². The maximum absolute atomic E-state index is 9.63. The van der Waals surface area contributed by atoms with Gasteiger partial charge in [0.05, 0.1) is 23.5 Å². The third kappa shape index (κ3) is 2.90. The van der Waals surface area contributed by atoms with Gasteiger partial charge in [-0.3, -0.25) is 4.68 Å². The van der Waals surface area contributed by atoms with Crippen LogP contribution in [0.4, 0.5) is 5.82 Å². The van der Waals surface area contributed by atoms with Gasteiger partial charge in [0.2, 0.25) is 0 Å². The smallest absolute Gasteiger partial charge is 0.129 e. The van der Waals surface area contributed by atoms with Crippen LogP contribution in [0.25, 0.3) is 27.8 Å². The van der Waals surface area contributed by atoms with Crippen LogP contribution in [-0.2, 0) is 7.05 Å². The zero-order chi connectivity index (χ0) is 20.9. The molecule has 31 heavy (non-hydrogen) atoms. The number of rotatable bonds is 3. The molecule has 6 rings (SSSR count). The zero-order valence-corrected chi connectivity index (χ0v) is 17.4. The molecule has 6 heterocycles. The molecule has 0 saturated carbocycles. The normalized spacial score (nSPS) is 20.3. The largest absolute Gasteiger partial charge is 0.351 e. The van der Waals surface area contributed by atoms with Gasteiger partial charge < -0.3 is 4.90 Å². The first-order valence-corrected chi connectivity index (χ1v) is 10.9. The quantitative estimate of drug-likeness (QED) is 0.507. The summed E-state index contributed by atoms with van der Waals surface area (Å²) in [4.78, 5) is 7.41. The van der Waals surface area contributed by atoms with E-state index >= 15 is 0 Å². The van der Waals surface area contributed by atoms with Crippen molar-refractivity contribution in [3.8, 4) is 28.3 Å². The number of piperidine rings is 1. The molecule has 4 aromatic heterocycles. The number of aryl methyl sites for hydroxylation is 1. The molecule has 154 valence electrons. The van der Waals surface area contributed by atoms with Gasteiger partial charge in [-0.1, -0.05) is 0 Å². The molecule has 2 aliphatic rings. The summed E-state index contributed by atoms with van der Waals surface area (Å²) in [7, 11) is 1.90. The third-order valence-electron chi connectivity index (χ3n) is 6.79. The van der Waals surface area contributed by atoms with Crippen LogP contribution < -0.4 is 4.90 Å². The van der Waals surface area contributed by atoms with E-state index < -0.39 is 0 Å². The number of pyridine rings is 2. The Balaban J connectivity index is 1.46. The average Bonchev–Trinajstić information content (AvgIpc) is 3.48. The first-order valence-electron chi connectivity index (χ1n) is 10.9. The second-order valence-electron chi connectivity index (χ2n) is 8.64. The van der Waals surface area contributed by atoms with Crippen molar-refractivity contribution in [2.75, 3.05) is 4.90 Å². The molecule has 2 bridgehead atoms. The van der Waals surface area contributed by atoms with Crippen LogP contribution in [0.15, 0.2) is 49.2 Å². The topological polar surface area (TPSA) is 75.0 Å². The van der Waals surface area contributed by atoms with Gasteiger partial charge >= 0.3 is 0 Å². The van der Waals surface area contributed by atoms with E-state index in [0.29, 0.717) is 17.6 Å². The molecule has 0 radical (unpaired) electrons.